The highest BCUT2D eigenvalue weighted by atomic mass is 32.2. The predicted molar refractivity (Wildman–Crippen MR) is 83.8 cm³/mol. The SMILES string of the molecule is CC(=Nc1cccc2ccccc12)C1=C(O)CSC1=O. The average Bonchev–Trinajstić information content (AvgIpc) is 2.78. The maximum atomic E-state index is 11.7. The number of carbonyl (C=O) groups is 1. The molecule has 100 valence electrons. The van der Waals surface area contributed by atoms with Gasteiger partial charge in [0.2, 0.25) is 5.12 Å². The minimum atomic E-state index is -0.107. The molecule has 0 saturated heterocycles. The van der Waals surface area contributed by atoms with Crippen LogP contribution in [0.25, 0.3) is 10.8 Å². The van der Waals surface area contributed by atoms with Gasteiger partial charge in [-0.3, -0.25) is 9.79 Å². The molecule has 3 nitrogen and oxygen atoms in total. The number of carbonyl (C=O) groups excluding carboxylic acids is 1. The van der Waals surface area contributed by atoms with Crippen molar-refractivity contribution in [1.29, 1.82) is 0 Å². The zero-order valence-electron chi connectivity index (χ0n) is 11.0. The topological polar surface area (TPSA) is 49.7 Å². The molecule has 2 aromatic rings. The summed E-state index contributed by atoms with van der Waals surface area (Å²) in [7, 11) is 0. The first-order chi connectivity index (χ1) is 9.66. The highest BCUT2D eigenvalue weighted by Gasteiger charge is 2.25. The minimum absolute atomic E-state index is 0.107. The smallest absolute Gasteiger partial charge is 0.225 e. The summed E-state index contributed by atoms with van der Waals surface area (Å²) in [5.74, 6) is 0.470. The lowest BCUT2D eigenvalue weighted by Crippen LogP contribution is -2.04. The van der Waals surface area contributed by atoms with E-state index in [1.54, 1.807) is 6.92 Å². The first-order valence-corrected chi connectivity index (χ1v) is 7.28. The van der Waals surface area contributed by atoms with Crippen LogP contribution in [-0.4, -0.2) is 21.7 Å². The molecule has 0 amide bonds. The molecule has 0 bridgehead atoms. The fourth-order valence-electron chi connectivity index (χ4n) is 2.29. The van der Waals surface area contributed by atoms with Crippen molar-refractivity contribution in [3.05, 3.63) is 53.8 Å². The lowest BCUT2D eigenvalue weighted by atomic mass is 10.1. The molecule has 1 N–H and O–H groups in total. The molecule has 2 aromatic carbocycles. The van der Waals surface area contributed by atoms with Crippen LogP contribution in [0.3, 0.4) is 0 Å². The van der Waals surface area contributed by atoms with Gasteiger partial charge < -0.3 is 5.11 Å². The summed E-state index contributed by atoms with van der Waals surface area (Å²) in [6.45, 7) is 1.76. The van der Waals surface area contributed by atoms with Gasteiger partial charge in [0.05, 0.1) is 22.7 Å². The number of fused-ring (bicyclic) bond motifs is 1. The molecule has 1 aliphatic rings. The number of nitrogens with zero attached hydrogens (tertiary/aromatic N) is 1. The molecule has 0 aliphatic carbocycles. The van der Waals surface area contributed by atoms with Crippen molar-refractivity contribution in [3.8, 4) is 0 Å². The third-order valence-electron chi connectivity index (χ3n) is 3.25. The molecule has 0 radical (unpaired) electrons. The second-order valence-electron chi connectivity index (χ2n) is 4.59. The number of aliphatic imine (C=N–C) groups is 1. The lowest BCUT2D eigenvalue weighted by molar-refractivity contribution is -0.107. The van der Waals surface area contributed by atoms with Gasteiger partial charge in [0.1, 0.15) is 5.76 Å². The summed E-state index contributed by atoms with van der Waals surface area (Å²) < 4.78 is 0. The number of hydrogen-bond acceptors (Lipinski definition) is 4. The molecule has 20 heavy (non-hydrogen) atoms. The summed E-state index contributed by atoms with van der Waals surface area (Å²) in [5.41, 5.74) is 1.72. The van der Waals surface area contributed by atoms with Gasteiger partial charge in [-0.2, -0.15) is 0 Å². The number of aliphatic hydroxyl groups excluding tert-OH is 1. The molecule has 1 aliphatic heterocycles. The summed E-state index contributed by atoms with van der Waals surface area (Å²) in [6, 6.07) is 13.8. The van der Waals surface area contributed by atoms with E-state index in [1.165, 1.54) is 0 Å². The van der Waals surface area contributed by atoms with Crippen molar-refractivity contribution in [2.24, 2.45) is 4.99 Å². The van der Waals surface area contributed by atoms with Crippen molar-refractivity contribution >= 4 is 39.0 Å². The zero-order chi connectivity index (χ0) is 14.1. The Labute approximate surface area is 121 Å². The summed E-state index contributed by atoms with van der Waals surface area (Å²) in [5, 5.41) is 11.8. The molecular formula is C16H13NO2S. The standard InChI is InChI=1S/C16H13NO2S/c1-10(15-14(18)9-20-16(15)19)17-13-8-4-6-11-5-2-3-7-12(11)13/h2-8,18H,9H2,1H3. The van der Waals surface area contributed by atoms with Gasteiger partial charge in [-0.1, -0.05) is 48.2 Å². The Morgan fingerprint density at radius 3 is 2.70 bits per heavy atom. The highest BCUT2D eigenvalue weighted by Crippen LogP contribution is 2.30. The van der Waals surface area contributed by atoms with Gasteiger partial charge in [-0.15, -0.1) is 0 Å². The fourth-order valence-corrected chi connectivity index (χ4v) is 3.12. The third-order valence-corrected chi connectivity index (χ3v) is 4.13. The Kier molecular flexibility index (Phi) is 3.32. The third kappa shape index (κ3) is 2.23. The Morgan fingerprint density at radius 2 is 1.95 bits per heavy atom. The Morgan fingerprint density at radius 1 is 1.20 bits per heavy atom. The normalized spacial score (nSPS) is 16.2. The van der Waals surface area contributed by atoms with Gasteiger partial charge in [0.15, 0.2) is 0 Å². The Bertz CT molecular complexity index is 757. The number of benzene rings is 2. The van der Waals surface area contributed by atoms with Crippen molar-refractivity contribution < 1.29 is 9.90 Å². The molecule has 0 fully saturated rings. The molecule has 0 unspecified atom stereocenters. The molecular weight excluding hydrogens is 270 g/mol. The van der Waals surface area contributed by atoms with E-state index in [-0.39, 0.29) is 10.9 Å². The second-order valence-corrected chi connectivity index (χ2v) is 5.54. The van der Waals surface area contributed by atoms with E-state index in [4.69, 9.17) is 0 Å². The quantitative estimate of drug-likeness (QED) is 0.847. The minimum Gasteiger partial charge on any atom is -0.511 e. The Balaban J connectivity index is 2.11. The van der Waals surface area contributed by atoms with Gasteiger partial charge in [-0.25, -0.2) is 0 Å². The van der Waals surface area contributed by atoms with Crippen LogP contribution in [0.15, 0.2) is 58.8 Å². The number of hydrogen-bond donors (Lipinski definition) is 1. The van der Waals surface area contributed by atoms with Crippen LogP contribution in [0.5, 0.6) is 0 Å². The first-order valence-electron chi connectivity index (χ1n) is 6.29. The molecule has 0 saturated carbocycles. The first kappa shape index (κ1) is 12.9. The molecule has 0 spiro atoms. The van der Waals surface area contributed by atoms with Crippen LogP contribution in [0, 0.1) is 0 Å². The van der Waals surface area contributed by atoms with Gasteiger partial charge in [0, 0.05) is 5.39 Å². The molecule has 4 heteroatoms. The molecule has 1 heterocycles. The Hall–Kier alpha value is -2.07. The summed E-state index contributed by atoms with van der Waals surface area (Å²) in [4.78, 5) is 16.3. The second kappa shape index (κ2) is 5.13. The molecule has 0 aromatic heterocycles. The monoisotopic (exact) mass is 283 g/mol. The van der Waals surface area contributed by atoms with E-state index < -0.39 is 0 Å². The van der Waals surface area contributed by atoms with E-state index in [9.17, 15) is 9.90 Å². The van der Waals surface area contributed by atoms with Gasteiger partial charge in [0.25, 0.3) is 0 Å². The molecule has 3 rings (SSSR count). The zero-order valence-corrected chi connectivity index (χ0v) is 11.8. The van der Waals surface area contributed by atoms with Gasteiger partial charge in [-0.05, 0) is 18.4 Å². The maximum Gasteiger partial charge on any atom is 0.225 e. The van der Waals surface area contributed by atoms with Crippen LogP contribution >= 0.6 is 11.8 Å². The maximum absolute atomic E-state index is 11.7. The van der Waals surface area contributed by atoms with Crippen LogP contribution < -0.4 is 0 Å². The average molecular weight is 283 g/mol. The van der Waals surface area contributed by atoms with E-state index in [2.05, 4.69) is 4.99 Å². The van der Waals surface area contributed by atoms with Crippen LogP contribution in [0.2, 0.25) is 0 Å². The van der Waals surface area contributed by atoms with E-state index in [0.717, 1.165) is 28.2 Å². The summed E-state index contributed by atoms with van der Waals surface area (Å²) >= 11 is 1.11. The van der Waals surface area contributed by atoms with E-state index in [0.29, 0.717) is 17.0 Å². The van der Waals surface area contributed by atoms with Crippen molar-refractivity contribution in [1.82, 2.24) is 0 Å². The van der Waals surface area contributed by atoms with Gasteiger partial charge >= 0.3 is 0 Å². The van der Waals surface area contributed by atoms with Crippen LogP contribution in [0.4, 0.5) is 5.69 Å². The van der Waals surface area contributed by atoms with Crippen molar-refractivity contribution in [2.75, 3.05) is 5.75 Å². The van der Waals surface area contributed by atoms with E-state index in [1.807, 2.05) is 42.5 Å². The molecule has 0 atom stereocenters. The largest absolute Gasteiger partial charge is 0.511 e. The summed E-state index contributed by atoms with van der Waals surface area (Å²) in [6.07, 6.45) is 0. The van der Waals surface area contributed by atoms with Crippen molar-refractivity contribution in [3.63, 3.8) is 0 Å². The number of aliphatic hydroxyl groups is 1. The van der Waals surface area contributed by atoms with Crippen LogP contribution in [0.1, 0.15) is 6.92 Å². The number of thioether (sulfide) groups is 1. The predicted octanol–water partition coefficient (Wildman–Crippen LogP) is 4.02. The lowest BCUT2D eigenvalue weighted by Gasteiger charge is -2.04. The van der Waals surface area contributed by atoms with Crippen LogP contribution in [-0.2, 0) is 4.79 Å². The van der Waals surface area contributed by atoms with Crippen molar-refractivity contribution in [2.45, 2.75) is 6.92 Å². The highest BCUT2D eigenvalue weighted by molar-refractivity contribution is 8.14. The number of rotatable bonds is 2. The fraction of sp³-hybridized carbons (Fsp3) is 0.125. The van der Waals surface area contributed by atoms with E-state index >= 15 is 0 Å².